The number of benzene rings is 2. The molecule has 0 unspecified atom stereocenters. The highest BCUT2D eigenvalue weighted by molar-refractivity contribution is 9.10. The van der Waals surface area contributed by atoms with Crippen molar-refractivity contribution < 1.29 is 22.5 Å². The first-order chi connectivity index (χ1) is 19.1. The van der Waals surface area contributed by atoms with Gasteiger partial charge in [-0.05, 0) is 74.1 Å². The summed E-state index contributed by atoms with van der Waals surface area (Å²) >= 11 is 3.44. The van der Waals surface area contributed by atoms with E-state index in [1.807, 2.05) is 30.3 Å². The third-order valence-corrected chi connectivity index (χ3v) is 8.55. The van der Waals surface area contributed by atoms with E-state index >= 15 is 0 Å². The summed E-state index contributed by atoms with van der Waals surface area (Å²) in [5, 5.41) is 14.5. The van der Waals surface area contributed by atoms with Gasteiger partial charge in [-0.3, -0.25) is 13.9 Å². The lowest BCUT2D eigenvalue weighted by Crippen LogP contribution is -2.34. The molecule has 13 heteroatoms. The lowest BCUT2D eigenvalue weighted by Gasteiger charge is -2.25. The smallest absolute Gasteiger partial charge is 0.270 e. The van der Waals surface area contributed by atoms with E-state index < -0.39 is 10.0 Å². The number of halogens is 1. The number of nitrogens with one attached hydrogen (secondary N) is 2. The zero-order valence-corrected chi connectivity index (χ0v) is 24.7. The summed E-state index contributed by atoms with van der Waals surface area (Å²) in [6.45, 7) is 2.06. The SMILES string of the molecule is CNC(=O)c1c2cc(C3CC3)c(N(CCCNC(=O)c3cnoc3C)S(C)(=O)=O)cc2nn1-c1ccc(Br)cc1. The first kappa shape index (κ1) is 27.8. The zero-order chi connectivity index (χ0) is 28.6. The molecule has 2 heterocycles. The number of anilines is 1. The maximum atomic E-state index is 13.0. The molecule has 1 fully saturated rings. The molecule has 0 bridgehead atoms. The molecular weight excluding hydrogens is 600 g/mol. The van der Waals surface area contributed by atoms with Gasteiger partial charge in [0, 0.05) is 30.0 Å². The van der Waals surface area contributed by atoms with E-state index in [1.54, 1.807) is 24.7 Å². The van der Waals surface area contributed by atoms with Crippen LogP contribution in [0.4, 0.5) is 5.69 Å². The topological polar surface area (TPSA) is 139 Å². The Morgan fingerprint density at radius 2 is 1.90 bits per heavy atom. The highest BCUT2D eigenvalue weighted by atomic mass is 79.9. The van der Waals surface area contributed by atoms with Gasteiger partial charge in [0.25, 0.3) is 11.8 Å². The van der Waals surface area contributed by atoms with Crippen molar-refractivity contribution in [2.24, 2.45) is 0 Å². The van der Waals surface area contributed by atoms with Crippen molar-refractivity contribution in [1.82, 2.24) is 25.6 Å². The second-order valence-corrected chi connectivity index (χ2v) is 12.6. The van der Waals surface area contributed by atoms with Crippen LogP contribution in [0.2, 0.25) is 0 Å². The summed E-state index contributed by atoms with van der Waals surface area (Å²) in [6, 6.07) is 11.1. The van der Waals surface area contributed by atoms with Crippen LogP contribution in [0.1, 0.15) is 57.4 Å². The van der Waals surface area contributed by atoms with E-state index in [0.717, 1.165) is 22.9 Å². The van der Waals surface area contributed by atoms with Gasteiger partial charge in [0.1, 0.15) is 17.0 Å². The fourth-order valence-electron chi connectivity index (χ4n) is 4.68. The number of fused-ring (bicyclic) bond motifs is 1. The summed E-state index contributed by atoms with van der Waals surface area (Å²) in [5.41, 5.74) is 3.34. The van der Waals surface area contributed by atoms with Gasteiger partial charge in [-0.2, -0.15) is 5.10 Å². The van der Waals surface area contributed by atoms with Crippen LogP contribution >= 0.6 is 15.9 Å². The number of nitrogens with zero attached hydrogens (tertiary/aromatic N) is 4. The summed E-state index contributed by atoms with van der Waals surface area (Å²) in [6.07, 6.45) is 4.76. The van der Waals surface area contributed by atoms with E-state index in [1.165, 1.54) is 16.8 Å². The van der Waals surface area contributed by atoms with Gasteiger partial charge in [0.2, 0.25) is 10.0 Å². The number of sulfonamides is 1. The van der Waals surface area contributed by atoms with Gasteiger partial charge in [-0.25, -0.2) is 13.1 Å². The predicted octanol–water partition coefficient (Wildman–Crippen LogP) is 3.91. The predicted molar refractivity (Wildman–Crippen MR) is 155 cm³/mol. The van der Waals surface area contributed by atoms with Gasteiger partial charge in [0.15, 0.2) is 0 Å². The van der Waals surface area contributed by atoms with Crippen molar-refractivity contribution in [1.29, 1.82) is 0 Å². The molecule has 1 saturated carbocycles. The van der Waals surface area contributed by atoms with Gasteiger partial charge in [0.05, 0.1) is 29.3 Å². The first-order valence-corrected chi connectivity index (χ1v) is 15.4. The third kappa shape index (κ3) is 5.61. The minimum absolute atomic E-state index is 0.155. The van der Waals surface area contributed by atoms with Gasteiger partial charge < -0.3 is 15.2 Å². The van der Waals surface area contributed by atoms with Gasteiger partial charge in [-0.1, -0.05) is 21.1 Å². The average Bonchev–Trinajstić information content (AvgIpc) is 3.56. The molecular formula is C27H29BrN6O5S. The van der Waals surface area contributed by atoms with Gasteiger partial charge >= 0.3 is 0 Å². The highest BCUT2D eigenvalue weighted by Gasteiger charge is 2.32. The number of hydrogen-bond donors (Lipinski definition) is 2. The lowest BCUT2D eigenvalue weighted by molar-refractivity contribution is 0.0946. The number of aromatic nitrogens is 3. The molecule has 0 saturated heterocycles. The summed E-state index contributed by atoms with van der Waals surface area (Å²) < 4.78 is 34.8. The fourth-order valence-corrected chi connectivity index (χ4v) is 5.92. The molecule has 40 heavy (non-hydrogen) atoms. The quantitative estimate of drug-likeness (QED) is 0.254. The fraction of sp³-hybridized carbons (Fsp3) is 0.333. The van der Waals surface area contributed by atoms with Crippen LogP contribution < -0.4 is 14.9 Å². The maximum Gasteiger partial charge on any atom is 0.270 e. The number of carbonyl (C=O) groups excluding carboxylic acids is 2. The van der Waals surface area contributed by atoms with Crippen LogP contribution in [0.3, 0.4) is 0 Å². The van der Waals surface area contributed by atoms with E-state index in [2.05, 4.69) is 31.7 Å². The molecule has 5 rings (SSSR count). The molecule has 11 nitrogen and oxygen atoms in total. The first-order valence-electron chi connectivity index (χ1n) is 12.8. The summed E-state index contributed by atoms with van der Waals surface area (Å²) in [4.78, 5) is 25.4. The van der Waals surface area contributed by atoms with Crippen LogP contribution in [0, 0.1) is 6.92 Å². The molecule has 4 aromatic rings. The summed E-state index contributed by atoms with van der Waals surface area (Å²) in [5.74, 6) is -0.0199. The molecule has 210 valence electrons. The van der Waals surface area contributed by atoms with Crippen LogP contribution in [-0.4, -0.2) is 61.6 Å². The minimum atomic E-state index is -3.67. The monoisotopic (exact) mass is 628 g/mol. The van der Waals surface area contributed by atoms with E-state index in [4.69, 9.17) is 9.62 Å². The average molecular weight is 630 g/mol. The Labute approximate surface area is 240 Å². The standard InChI is InChI=1S/C27H29BrN6O5S/c1-16-22(15-31-39-16)26(35)30-11-4-12-33(40(3,37)38)24-14-23-21(13-20(24)17-5-6-17)25(27(36)29-2)34(32-23)19-9-7-18(28)8-10-19/h7-10,13-15,17H,4-6,11-12H2,1-3H3,(H,29,36)(H,30,35). The normalized spacial score (nSPS) is 13.4. The molecule has 2 aromatic carbocycles. The lowest BCUT2D eigenvalue weighted by atomic mass is 10.0. The Morgan fingerprint density at radius 3 is 2.50 bits per heavy atom. The van der Waals surface area contributed by atoms with E-state index in [-0.39, 0.29) is 30.8 Å². The molecule has 2 N–H and O–H groups in total. The number of hydrogen-bond acceptors (Lipinski definition) is 7. The Bertz CT molecular complexity index is 1690. The Balaban J connectivity index is 1.51. The molecule has 0 spiro atoms. The van der Waals surface area contributed by atoms with Crippen molar-refractivity contribution >= 4 is 54.4 Å². The van der Waals surface area contributed by atoms with Crippen LogP contribution in [0.15, 0.2) is 51.6 Å². The molecule has 1 aliphatic carbocycles. The molecule has 0 aliphatic heterocycles. The highest BCUT2D eigenvalue weighted by Crippen LogP contribution is 2.46. The maximum absolute atomic E-state index is 13.0. The summed E-state index contributed by atoms with van der Waals surface area (Å²) in [7, 11) is -2.10. The largest absolute Gasteiger partial charge is 0.361 e. The van der Waals surface area contributed by atoms with Crippen molar-refractivity contribution in [2.75, 3.05) is 30.7 Å². The number of amides is 2. The van der Waals surface area contributed by atoms with Crippen molar-refractivity contribution in [3.8, 4) is 5.69 Å². The molecule has 2 amide bonds. The van der Waals surface area contributed by atoms with Gasteiger partial charge in [-0.15, -0.1) is 0 Å². The molecule has 0 radical (unpaired) electrons. The van der Waals surface area contributed by atoms with Crippen LogP contribution in [0.25, 0.3) is 16.6 Å². The van der Waals surface area contributed by atoms with Crippen molar-refractivity contribution in [2.45, 2.75) is 32.1 Å². The Morgan fingerprint density at radius 1 is 1.18 bits per heavy atom. The third-order valence-electron chi connectivity index (χ3n) is 6.84. The second-order valence-electron chi connectivity index (χ2n) is 9.76. The molecule has 0 atom stereocenters. The zero-order valence-electron chi connectivity index (χ0n) is 22.3. The van der Waals surface area contributed by atoms with Crippen molar-refractivity contribution in [3.63, 3.8) is 0 Å². The molecule has 1 aliphatic rings. The van der Waals surface area contributed by atoms with E-state index in [0.29, 0.717) is 45.7 Å². The van der Waals surface area contributed by atoms with Crippen LogP contribution in [-0.2, 0) is 10.0 Å². The Hall–Kier alpha value is -3.71. The van der Waals surface area contributed by atoms with Crippen LogP contribution in [0.5, 0.6) is 0 Å². The number of aryl methyl sites for hydroxylation is 1. The van der Waals surface area contributed by atoms with Crippen molar-refractivity contribution in [3.05, 3.63) is 69.6 Å². The Kier molecular flexibility index (Phi) is 7.69. The van der Waals surface area contributed by atoms with E-state index in [9.17, 15) is 18.0 Å². The molecule has 2 aromatic heterocycles. The number of carbonyl (C=O) groups is 2. The number of rotatable bonds is 10. The second kappa shape index (κ2) is 11.0. The minimum Gasteiger partial charge on any atom is -0.361 e.